The SMILES string of the molecule is CO/C(=N\N=C\C1=C(N)N(C)CC(c2ccc(C)cc2)=N1)c1ccncc1. The molecule has 0 saturated carbocycles. The molecule has 7 heteroatoms. The Kier molecular flexibility index (Phi) is 5.61. The van der Waals surface area contributed by atoms with Gasteiger partial charge in [-0.3, -0.25) is 4.98 Å². The summed E-state index contributed by atoms with van der Waals surface area (Å²) in [6.07, 6.45) is 4.88. The van der Waals surface area contributed by atoms with E-state index < -0.39 is 0 Å². The first-order chi connectivity index (χ1) is 13.1. The molecule has 2 heterocycles. The summed E-state index contributed by atoms with van der Waals surface area (Å²) in [5, 5.41) is 8.25. The number of hydrogen-bond donors (Lipinski definition) is 1. The molecule has 0 amide bonds. The van der Waals surface area contributed by atoms with Crippen LogP contribution in [0.15, 0.2) is 75.5 Å². The molecule has 1 aromatic heterocycles. The van der Waals surface area contributed by atoms with Crippen molar-refractivity contribution < 1.29 is 4.74 Å². The lowest BCUT2D eigenvalue weighted by Crippen LogP contribution is -2.34. The topological polar surface area (TPSA) is 88.5 Å². The summed E-state index contributed by atoms with van der Waals surface area (Å²) in [5.74, 6) is 0.937. The zero-order valence-electron chi connectivity index (χ0n) is 15.6. The van der Waals surface area contributed by atoms with Crippen LogP contribution in [-0.2, 0) is 4.74 Å². The van der Waals surface area contributed by atoms with Gasteiger partial charge in [0.2, 0.25) is 5.90 Å². The minimum absolute atomic E-state index is 0.389. The number of rotatable bonds is 4. The molecule has 3 rings (SSSR count). The normalized spacial score (nSPS) is 15.3. The molecule has 0 aliphatic carbocycles. The predicted molar refractivity (Wildman–Crippen MR) is 108 cm³/mol. The van der Waals surface area contributed by atoms with Gasteiger partial charge < -0.3 is 15.4 Å². The molecule has 1 aliphatic heterocycles. The smallest absolute Gasteiger partial charge is 0.240 e. The van der Waals surface area contributed by atoms with Crippen LogP contribution in [0.1, 0.15) is 16.7 Å². The van der Waals surface area contributed by atoms with E-state index in [4.69, 9.17) is 10.5 Å². The summed E-state index contributed by atoms with van der Waals surface area (Å²) in [7, 11) is 3.47. The number of pyridine rings is 1. The molecule has 138 valence electrons. The standard InChI is InChI=1S/C20H22N6O/c1-14-4-6-15(7-5-14)18-13-26(2)19(21)17(24-18)12-23-25-20(27-3)16-8-10-22-11-9-16/h4-12H,13,21H2,1-3H3/b23-12+,25-20-. The van der Waals surface area contributed by atoms with Crippen molar-refractivity contribution >= 4 is 17.8 Å². The summed E-state index contributed by atoms with van der Waals surface area (Å²) < 4.78 is 5.29. The Bertz CT molecular complexity index is 913. The number of allylic oxidation sites excluding steroid dienone is 1. The van der Waals surface area contributed by atoms with E-state index in [0.717, 1.165) is 16.8 Å². The Morgan fingerprint density at radius 2 is 1.89 bits per heavy atom. The van der Waals surface area contributed by atoms with Crippen LogP contribution in [0.5, 0.6) is 0 Å². The lowest BCUT2D eigenvalue weighted by molar-refractivity contribution is 0.403. The Hall–Kier alpha value is -3.48. The molecule has 1 aliphatic rings. The molecule has 0 saturated heterocycles. The van der Waals surface area contributed by atoms with Crippen molar-refractivity contribution in [2.24, 2.45) is 20.9 Å². The summed E-state index contributed by atoms with van der Waals surface area (Å²) in [4.78, 5) is 10.6. The molecule has 0 bridgehead atoms. The van der Waals surface area contributed by atoms with Crippen molar-refractivity contribution in [1.29, 1.82) is 0 Å². The first-order valence-electron chi connectivity index (χ1n) is 8.49. The minimum Gasteiger partial charge on any atom is -0.479 e. The number of benzene rings is 1. The van der Waals surface area contributed by atoms with Crippen LogP contribution in [0.2, 0.25) is 0 Å². The van der Waals surface area contributed by atoms with Gasteiger partial charge in [-0.1, -0.05) is 29.8 Å². The number of hydrogen-bond acceptors (Lipinski definition) is 7. The maximum atomic E-state index is 6.17. The van der Waals surface area contributed by atoms with Crippen LogP contribution in [0.4, 0.5) is 0 Å². The maximum Gasteiger partial charge on any atom is 0.240 e. The van der Waals surface area contributed by atoms with Gasteiger partial charge in [-0.25, -0.2) is 4.99 Å². The fourth-order valence-corrected chi connectivity index (χ4v) is 2.59. The van der Waals surface area contributed by atoms with Gasteiger partial charge >= 0.3 is 0 Å². The van der Waals surface area contributed by atoms with E-state index in [-0.39, 0.29) is 0 Å². The number of nitrogens with two attached hydrogens (primary N) is 1. The van der Waals surface area contributed by atoms with Crippen molar-refractivity contribution in [3.63, 3.8) is 0 Å². The average molecular weight is 362 g/mol. The largest absolute Gasteiger partial charge is 0.479 e. The second kappa shape index (κ2) is 8.27. The summed E-state index contributed by atoms with van der Waals surface area (Å²) in [6.45, 7) is 2.69. The number of aryl methyl sites for hydroxylation is 1. The lowest BCUT2D eigenvalue weighted by atomic mass is 10.1. The quantitative estimate of drug-likeness (QED) is 0.514. The number of methoxy groups -OCH3 is 1. The number of nitrogens with zero attached hydrogens (tertiary/aromatic N) is 5. The first-order valence-corrected chi connectivity index (χ1v) is 8.49. The number of aliphatic imine (C=N–C) groups is 1. The number of aromatic nitrogens is 1. The molecule has 0 atom stereocenters. The molecule has 2 N–H and O–H groups in total. The molecule has 0 unspecified atom stereocenters. The molecule has 2 aromatic rings. The summed E-state index contributed by atoms with van der Waals surface area (Å²) >= 11 is 0. The zero-order valence-corrected chi connectivity index (χ0v) is 15.6. The monoisotopic (exact) mass is 362 g/mol. The number of likely N-dealkylation sites (N-methyl/N-ethyl adjacent to an activating group) is 1. The fraction of sp³-hybridized carbons (Fsp3) is 0.200. The second-order valence-corrected chi connectivity index (χ2v) is 6.14. The van der Waals surface area contributed by atoms with E-state index in [0.29, 0.717) is 24.0 Å². The molecular weight excluding hydrogens is 340 g/mol. The highest BCUT2D eigenvalue weighted by Gasteiger charge is 2.17. The van der Waals surface area contributed by atoms with Crippen LogP contribution in [0.25, 0.3) is 0 Å². The molecular formula is C20H22N6O. The van der Waals surface area contributed by atoms with Crippen LogP contribution < -0.4 is 5.73 Å². The third-order valence-electron chi connectivity index (χ3n) is 4.15. The molecule has 0 radical (unpaired) electrons. The van der Waals surface area contributed by atoms with Crippen molar-refractivity contribution in [2.45, 2.75) is 6.92 Å². The Labute approximate surface area is 158 Å². The van der Waals surface area contributed by atoms with Gasteiger partial charge in [0.25, 0.3) is 0 Å². The third-order valence-corrected chi connectivity index (χ3v) is 4.15. The fourth-order valence-electron chi connectivity index (χ4n) is 2.59. The Morgan fingerprint density at radius 1 is 1.19 bits per heavy atom. The van der Waals surface area contributed by atoms with Gasteiger partial charge in [-0.2, -0.15) is 5.10 Å². The summed E-state index contributed by atoms with van der Waals surface area (Å²) in [5.41, 5.74) is 10.7. The van der Waals surface area contributed by atoms with E-state index in [1.807, 2.05) is 11.9 Å². The highest BCUT2D eigenvalue weighted by Crippen LogP contribution is 2.15. The Balaban J connectivity index is 1.87. The predicted octanol–water partition coefficient (Wildman–Crippen LogP) is 2.33. The van der Waals surface area contributed by atoms with E-state index in [1.165, 1.54) is 5.56 Å². The van der Waals surface area contributed by atoms with E-state index in [9.17, 15) is 0 Å². The molecule has 7 nitrogen and oxygen atoms in total. The molecule has 0 spiro atoms. The Morgan fingerprint density at radius 3 is 2.56 bits per heavy atom. The molecule has 27 heavy (non-hydrogen) atoms. The van der Waals surface area contributed by atoms with E-state index in [2.05, 4.69) is 51.4 Å². The van der Waals surface area contributed by atoms with Gasteiger partial charge in [-0.15, -0.1) is 5.10 Å². The lowest BCUT2D eigenvalue weighted by Gasteiger charge is -2.25. The van der Waals surface area contributed by atoms with Gasteiger partial charge in [0.05, 0.1) is 25.6 Å². The van der Waals surface area contributed by atoms with Crippen molar-refractivity contribution in [3.8, 4) is 0 Å². The van der Waals surface area contributed by atoms with Gasteiger partial charge in [-0.05, 0) is 24.6 Å². The molecule has 0 fully saturated rings. The zero-order chi connectivity index (χ0) is 19.2. The van der Waals surface area contributed by atoms with Crippen molar-refractivity contribution in [1.82, 2.24) is 9.88 Å². The summed E-state index contributed by atoms with van der Waals surface area (Å²) in [6, 6.07) is 11.8. The molecule has 1 aromatic carbocycles. The van der Waals surface area contributed by atoms with Crippen LogP contribution >= 0.6 is 0 Å². The van der Waals surface area contributed by atoms with Crippen molar-refractivity contribution in [2.75, 3.05) is 20.7 Å². The van der Waals surface area contributed by atoms with Crippen LogP contribution in [-0.4, -0.2) is 48.4 Å². The minimum atomic E-state index is 0.389. The highest BCUT2D eigenvalue weighted by atomic mass is 16.5. The van der Waals surface area contributed by atoms with Crippen molar-refractivity contribution in [3.05, 3.63) is 77.0 Å². The van der Waals surface area contributed by atoms with Gasteiger partial charge in [0.1, 0.15) is 11.5 Å². The van der Waals surface area contributed by atoms with Gasteiger partial charge in [0.15, 0.2) is 0 Å². The number of ether oxygens (including phenoxy) is 1. The van der Waals surface area contributed by atoms with Gasteiger partial charge in [0, 0.05) is 25.0 Å². The average Bonchev–Trinajstić information content (AvgIpc) is 2.69. The maximum absolute atomic E-state index is 6.17. The van der Waals surface area contributed by atoms with Crippen LogP contribution in [0, 0.1) is 6.92 Å². The van der Waals surface area contributed by atoms with Crippen LogP contribution in [0.3, 0.4) is 0 Å². The van der Waals surface area contributed by atoms with E-state index >= 15 is 0 Å². The first kappa shape index (κ1) is 18.3. The van der Waals surface area contributed by atoms with E-state index in [1.54, 1.807) is 37.9 Å². The second-order valence-electron chi connectivity index (χ2n) is 6.14. The highest BCUT2D eigenvalue weighted by molar-refractivity contribution is 6.05. The third kappa shape index (κ3) is 4.38.